The molecule has 21 heavy (non-hydrogen) atoms. The molecule has 1 heterocycles. The molecule has 1 aromatic heterocycles. The van der Waals surface area contributed by atoms with Crippen LogP contribution in [0.25, 0.3) is 0 Å². The number of nitrogens with two attached hydrogens (primary N) is 1. The van der Waals surface area contributed by atoms with Gasteiger partial charge < -0.3 is 5.73 Å². The number of aromatic nitrogens is 2. The molecule has 1 amide bonds. The Bertz CT molecular complexity index is 749. The summed E-state index contributed by atoms with van der Waals surface area (Å²) >= 11 is 0. The van der Waals surface area contributed by atoms with E-state index in [4.69, 9.17) is 5.73 Å². The van der Waals surface area contributed by atoms with Gasteiger partial charge in [-0.1, -0.05) is 12.1 Å². The second-order valence-electron chi connectivity index (χ2n) is 5.41. The smallest absolute Gasteiger partial charge is 0.267 e. The average Bonchev–Trinajstić information content (AvgIpc) is 2.51. The molecule has 0 saturated carbocycles. The number of amides is 1. The number of hydrogen-bond acceptors (Lipinski definition) is 3. The fraction of sp³-hybridized carbons (Fsp3) is 0.312. The van der Waals surface area contributed by atoms with Crippen LogP contribution in [0.4, 0.5) is 0 Å². The topological polar surface area (TPSA) is 88.8 Å². The van der Waals surface area contributed by atoms with E-state index >= 15 is 0 Å². The van der Waals surface area contributed by atoms with Gasteiger partial charge in [-0.25, -0.2) is 5.10 Å². The van der Waals surface area contributed by atoms with Crippen LogP contribution in [0.3, 0.4) is 0 Å². The molecule has 1 aromatic carbocycles. The minimum absolute atomic E-state index is 0.0701. The number of hydrogen-bond donors (Lipinski definition) is 2. The van der Waals surface area contributed by atoms with Crippen molar-refractivity contribution in [3.63, 3.8) is 0 Å². The lowest BCUT2D eigenvalue weighted by molar-refractivity contribution is 0.1000. The number of H-pyrrole nitrogens is 1. The minimum Gasteiger partial charge on any atom is -0.366 e. The van der Waals surface area contributed by atoms with Crippen molar-refractivity contribution in [3.05, 3.63) is 62.6 Å². The van der Waals surface area contributed by atoms with Gasteiger partial charge in [0.1, 0.15) is 0 Å². The van der Waals surface area contributed by atoms with Crippen LogP contribution in [0.2, 0.25) is 0 Å². The molecule has 2 aromatic rings. The Balaban J connectivity index is 1.97. The minimum atomic E-state index is -0.437. The average molecular weight is 283 g/mol. The van der Waals surface area contributed by atoms with Gasteiger partial charge in [-0.3, -0.25) is 9.59 Å². The molecule has 0 radical (unpaired) electrons. The maximum absolute atomic E-state index is 11.8. The lowest BCUT2D eigenvalue weighted by atomic mass is 9.90. The highest BCUT2D eigenvalue weighted by Crippen LogP contribution is 2.22. The molecule has 1 aliphatic carbocycles. The summed E-state index contributed by atoms with van der Waals surface area (Å²) in [5.41, 5.74) is 9.54. The third-order valence-electron chi connectivity index (χ3n) is 3.97. The summed E-state index contributed by atoms with van der Waals surface area (Å²) in [6.45, 7) is 0. The molecule has 0 atom stereocenters. The van der Waals surface area contributed by atoms with Crippen molar-refractivity contribution < 1.29 is 4.79 Å². The summed E-state index contributed by atoms with van der Waals surface area (Å²) in [7, 11) is 0. The number of nitrogens with zero attached hydrogens (tertiary/aromatic N) is 1. The molecule has 0 fully saturated rings. The summed E-state index contributed by atoms with van der Waals surface area (Å²) in [6.07, 6.45) is 4.46. The van der Waals surface area contributed by atoms with E-state index < -0.39 is 5.91 Å². The Morgan fingerprint density at radius 3 is 2.76 bits per heavy atom. The molecule has 0 unspecified atom stereocenters. The van der Waals surface area contributed by atoms with Crippen LogP contribution in [-0.4, -0.2) is 16.1 Å². The maximum Gasteiger partial charge on any atom is 0.267 e. The van der Waals surface area contributed by atoms with E-state index in [2.05, 4.69) is 10.2 Å². The van der Waals surface area contributed by atoms with Crippen molar-refractivity contribution in [2.45, 2.75) is 32.1 Å². The Morgan fingerprint density at radius 1 is 1.24 bits per heavy atom. The Labute approximate surface area is 122 Å². The van der Waals surface area contributed by atoms with Gasteiger partial charge in [0.15, 0.2) is 0 Å². The normalized spacial score (nSPS) is 13.7. The predicted octanol–water partition coefficient (Wildman–Crippen LogP) is 1.34. The van der Waals surface area contributed by atoms with E-state index in [0.29, 0.717) is 12.0 Å². The lowest BCUT2D eigenvalue weighted by Gasteiger charge is -2.17. The SMILES string of the molecule is NC(=O)c1cccc(Cc2n[nH]c(=O)c3c2CCCC3)c1. The highest BCUT2D eigenvalue weighted by Gasteiger charge is 2.18. The van der Waals surface area contributed by atoms with Crippen molar-refractivity contribution in [1.29, 1.82) is 0 Å². The Morgan fingerprint density at radius 2 is 2.00 bits per heavy atom. The zero-order valence-corrected chi connectivity index (χ0v) is 11.7. The van der Waals surface area contributed by atoms with Gasteiger partial charge in [0.05, 0.1) is 5.69 Å². The Kier molecular flexibility index (Phi) is 3.56. The highest BCUT2D eigenvalue weighted by atomic mass is 16.1. The maximum atomic E-state index is 11.8. The number of benzene rings is 1. The van der Waals surface area contributed by atoms with E-state index in [0.717, 1.165) is 48.1 Å². The second kappa shape index (κ2) is 5.52. The first-order chi connectivity index (χ1) is 10.1. The van der Waals surface area contributed by atoms with E-state index in [1.165, 1.54) is 0 Å². The molecule has 0 aliphatic heterocycles. The number of nitrogens with one attached hydrogen (secondary N) is 1. The Hall–Kier alpha value is -2.43. The van der Waals surface area contributed by atoms with Crippen LogP contribution in [0, 0.1) is 0 Å². The van der Waals surface area contributed by atoms with Gasteiger partial charge >= 0.3 is 0 Å². The molecule has 1 aliphatic rings. The summed E-state index contributed by atoms with van der Waals surface area (Å²) in [5, 5.41) is 6.80. The number of rotatable bonds is 3. The zero-order chi connectivity index (χ0) is 14.8. The monoisotopic (exact) mass is 283 g/mol. The largest absolute Gasteiger partial charge is 0.366 e. The summed E-state index contributed by atoms with van der Waals surface area (Å²) in [4.78, 5) is 23.1. The number of carbonyl (C=O) groups excluding carboxylic acids is 1. The van der Waals surface area contributed by atoms with Crippen molar-refractivity contribution >= 4 is 5.91 Å². The number of carbonyl (C=O) groups is 1. The molecule has 0 bridgehead atoms. The molecule has 108 valence electrons. The number of aromatic amines is 1. The molecule has 3 N–H and O–H groups in total. The van der Waals surface area contributed by atoms with E-state index in [1.54, 1.807) is 12.1 Å². The molecule has 0 saturated heterocycles. The first-order valence-electron chi connectivity index (χ1n) is 7.13. The van der Waals surface area contributed by atoms with Crippen LogP contribution in [-0.2, 0) is 19.3 Å². The predicted molar refractivity (Wildman–Crippen MR) is 79.3 cm³/mol. The molecule has 0 spiro atoms. The van der Waals surface area contributed by atoms with E-state index in [1.807, 2.05) is 12.1 Å². The van der Waals surface area contributed by atoms with Crippen molar-refractivity contribution in [2.24, 2.45) is 5.73 Å². The number of primary amides is 1. The highest BCUT2D eigenvalue weighted by molar-refractivity contribution is 5.92. The summed E-state index contributed by atoms with van der Waals surface area (Å²) in [6, 6.07) is 7.23. The molecule has 5 heteroatoms. The lowest BCUT2D eigenvalue weighted by Crippen LogP contribution is -2.23. The molecule has 3 rings (SSSR count). The fourth-order valence-corrected chi connectivity index (χ4v) is 2.90. The van der Waals surface area contributed by atoms with Gasteiger partial charge in [-0.05, 0) is 48.9 Å². The van der Waals surface area contributed by atoms with Gasteiger partial charge in [0, 0.05) is 17.5 Å². The van der Waals surface area contributed by atoms with Gasteiger partial charge in [-0.15, -0.1) is 0 Å². The van der Waals surface area contributed by atoms with E-state index in [9.17, 15) is 9.59 Å². The van der Waals surface area contributed by atoms with Crippen LogP contribution >= 0.6 is 0 Å². The number of fused-ring (bicyclic) bond motifs is 1. The van der Waals surface area contributed by atoms with E-state index in [-0.39, 0.29) is 5.56 Å². The van der Waals surface area contributed by atoms with Gasteiger partial charge in [0.25, 0.3) is 5.56 Å². The van der Waals surface area contributed by atoms with Gasteiger partial charge in [0.2, 0.25) is 5.91 Å². The van der Waals surface area contributed by atoms with Crippen LogP contribution < -0.4 is 11.3 Å². The molecular formula is C16H17N3O2. The van der Waals surface area contributed by atoms with Crippen LogP contribution in [0.15, 0.2) is 29.1 Å². The van der Waals surface area contributed by atoms with Crippen molar-refractivity contribution in [3.8, 4) is 0 Å². The van der Waals surface area contributed by atoms with Crippen molar-refractivity contribution in [1.82, 2.24) is 10.2 Å². The third-order valence-corrected chi connectivity index (χ3v) is 3.97. The van der Waals surface area contributed by atoms with Crippen molar-refractivity contribution in [2.75, 3.05) is 0 Å². The fourth-order valence-electron chi connectivity index (χ4n) is 2.90. The third kappa shape index (κ3) is 2.72. The van der Waals surface area contributed by atoms with Crippen LogP contribution in [0.1, 0.15) is 45.6 Å². The zero-order valence-electron chi connectivity index (χ0n) is 11.7. The molecule has 5 nitrogen and oxygen atoms in total. The standard InChI is InChI=1S/C16H17N3O2/c17-15(20)11-5-3-4-10(8-11)9-14-12-6-1-2-7-13(12)16(21)19-18-14/h3-5,8H,1-2,6-7,9H2,(H2,17,20)(H,19,21). The molecular weight excluding hydrogens is 266 g/mol. The summed E-state index contributed by atoms with van der Waals surface area (Å²) in [5.74, 6) is -0.437. The van der Waals surface area contributed by atoms with Gasteiger partial charge in [-0.2, -0.15) is 5.10 Å². The first-order valence-corrected chi connectivity index (χ1v) is 7.13. The quantitative estimate of drug-likeness (QED) is 0.890. The summed E-state index contributed by atoms with van der Waals surface area (Å²) < 4.78 is 0. The van der Waals surface area contributed by atoms with Crippen LogP contribution in [0.5, 0.6) is 0 Å². The second-order valence-corrected chi connectivity index (χ2v) is 5.41. The first kappa shape index (κ1) is 13.5.